The molecule has 4 nitrogen and oxygen atoms in total. The molecule has 25 heavy (non-hydrogen) atoms. The molecule has 1 heterocycles. The molecule has 0 saturated heterocycles. The molecule has 1 amide bonds. The topological polar surface area (TPSA) is 51.2 Å². The Morgan fingerprint density at radius 1 is 1.24 bits per heavy atom. The lowest BCUT2D eigenvalue weighted by Crippen LogP contribution is -2.15. The fraction of sp³-hybridized carbons (Fsp3) is 0.368. The van der Waals surface area contributed by atoms with Gasteiger partial charge in [0.05, 0.1) is 28.4 Å². The van der Waals surface area contributed by atoms with Crippen molar-refractivity contribution in [3.8, 4) is 5.75 Å². The molecular weight excluding hydrogens is 359 g/mol. The molecule has 0 radical (unpaired) electrons. The SMILES string of the molecule is COc1c(CC2CCCC2)cccc1C(=O)Nc1c(Cl)cncc1Cl. The summed E-state index contributed by atoms with van der Waals surface area (Å²) in [5, 5.41) is 3.35. The van der Waals surface area contributed by atoms with Gasteiger partial charge in [-0.25, -0.2) is 0 Å². The average molecular weight is 379 g/mol. The Labute approximate surface area is 157 Å². The summed E-state index contributed by atoms with van der Waals surface area (Å²) < 4.78 is 5.57. The first-order valence-corrected chi connectivity index (χ1v) is 9.12. The van der Waals surface area contributed by atoms with Crippen LogP contribution >= 0.6 is 23.2 Å². The lowest BCUT2D eigenvalue weighted by Gasteiger charge is -2.16. The van der Waals surface area contributed by atoms with Gasteiger partial charge in [-0.2, -0.15) is 0 Å². The largest absolute Gasteiger partial charge is 0.496 e. The van der Waals surface area contributed by atoms with Crippen molar-refractivity contribution in [1.82, 2.24) is 4.98 Å². The number of halogens is 2. The Morgan fingerprint density at radius 2 is 1.92 bits per heavy atom. The highest BCUT2D eigenvalue weighted by molar-refractivity contribution is 6.39. The van der Waals surface area contributed by atoms with E-state index in [0.29, 0.717) is 33.0 Å². The number of methoxy groups -OCH3 is 1. The van der Waals surface area contributed by atoms with E-state index in [-0.39, 0.29) is 5.91 Å². The molecule has 1 aliphatic carbocycles. The molecule has 1 saturated carbocycles. The van der Waals surface area contributed by atoms with E-state index in [4.69, 9.17) is 27.9 Å². The minimum atomic E-state index is -0.305. The lowest BCUT2D eigenvalue weighted by molar-refractivity contribution is 0.102. The molecule has 1 fully saturated rings. The number of pyridine rings is 1. The molecule has 2 aromatic rings. The number of hydrogen-bond acceptors (Lipinski definition) is 3. The van der Waals surface area contributed by atoms with Crippen LogP contribution in [-0.4, -0.2) is 18.0 Å². The summed E-state index contributed by atoms with van der Waals surface area (Å²) in [6.07, 6.45) is 8.86. The summed E-state index contributed by atoms with van der Waals surface area (Å²) in [6, 6.07) is 5.66. The summed E-state index contributed by atoms with van der Waals surface area (Å²) in [5.41, 5.74) is 1.89. The van der Waals surface area contributed by atoms with Gasteiger partial charge in [0, 0.05) is 12.4 Å². The molecule has 1 N–H and O–H groups in total. The van der Waals surface area contributed by atoms with E-state index in [1.165, 1.54) is 38.1 Å². The molecule has 1 aromatic carbocycles. The maximum atomic E-state index is 12.8. The van der Waals surface area contributed by atoms with E-state index in [9.17, 15) is 4.79 Å². The quantitative estimate of drug-likeness (QED) is 0.759. The number of carbonyl (C=O) groups excluding carboxylic acids is 1. The van der Waals surface area contributed by atoms with Crippen molar-refractivity contribution in [2.24, 2.45) is 5.92 Å². The third kappa shape index (κ3) is 4.07. The van der Waals surface area contributed by atoms with Crippen molar-refractivity contribution in [2.45, 2.75) is 32.1 Å². The Bertz CT molecular complexity index is 754. The van der Waals surface area contributed by atoms with Gasteiger partial charge in [-0.15, -0.1) is 0 Å². The summed E-state index contributed by atoms with van der Waals surface area (Å²) in [4.78, 5) is 16.6. The minimum absolute atomic E-state index is 0.293. The number of amides is 1. The zero-order valence-electron chi connectivity index (χ0n) is 14.0. The van der Waals surface area contributed by atoms with Crippen molar-refractivity contribution in [1.29, 1.82) is 0 Å². The third-order valence-electron chi connectivity index (χ3n) is 4.62. The molecule has 0 unspecified atom stereocenters. The van der Waals surface area contributed by atoms with Gasteiger partial charge in [0.1, 0.15) is 5.75 Å². The molecule has 1 aromatic heterocycles. The molecule has 132 valence electrons. The molecule has 0 bridgehead atoms. The van der Waals surface area contributed by atoms with Crippen LogP contribution in [0.3, 0.4) is 0 Å². The lowest BCUT2D eigenvalue weighted by atomic mass is 9.95. The second kappa shape index (κ2) is 8.07. The van der Waals surface area contributed by atoms with Crippen molar-refractivity contribution in [3.63, 3.8) is 0 Å². The highest BCUT2D eigenvalue weighted by Gasteiger charge is 2.21. The number of aromatic nitrogens is 1. The standard InChI is InChI=1S/C19H20Cl2N2O2/c1-25-18-13(9-12-5-2-3-6-12)7-4-8-14(18)19(24)23-17-15(20)10-22-11-16(17)21/h4,7-8,10-12H,2-3,5-6,9H2,1H3,(H,22,23,24). The Kier molecular flexibility index (Phi) is 5.82. The molecule has 0 aliphatic heterocycles. The first kappa shape index (κ1) is 18.0. The molecular formula is C19H20Cl2N2O2. The van der Waals surface area contributed by atoms with Crippen LogP contribution in [0.25, 0.3) is 0 Å². The van der Waals surface area contributed by atoms with Crippen LogP contribution in [0.5, 0.6) is 5.75 Å². The zero-order chi connectivity index (χ0) is 17.8. The van der Waals surface area contributed by atoms with E-state index in [1.54, 1.807) is 13.2 Å². The third-order valence-corrected chi connectivity index (χ3v) is 5.19. The van der Waals surface area contributed by atoms with Crippen molar-refractivity contribution in [3.05, 3.63) is 51.8 Å². The number of nitrogens with one attached hydrogen (secondary N) is 1. The van der Waals surface area contributed by atoms with Gasteiger partial charge in [0.25, 0.3) is 5.91 Å². The van der Waals surface area contributed by atoms with Crippen LogP contribution < -0.4 is 10.1 Å². The van der Waals surface area contributed by atoms with Crippen LogP contribution in [0.4, 0.5) is 5.69 Å². The molecule has 1 aliphatic rings. The minimum Gasteiger partial charge on any atom is -0.496 e. The number of anilines is 1. The Hall–Kier alpha value is -1.78. The fourth-order valence-electron chi connectivity index (χ4n) is 3.40. The summed E-state index contributed by atoms with van der Waals surface area (Å²) in [7, 11) is 1.59. The van der Waals surface area contributed by atoms with Crippen LogP contribution in [0.1, 0.15) is 41.6 Å². The van der Waals surface area contributed by atoms with E-state index < -0.39 is 0 Å². The molecule has 3 rings (SSSR count). The number of nitrogens with zero attached hydrogens (tertiary/aromatic N) is 1. The fourth-order valence-corrected chi connectivity index (χ4v) is 3.86. The van der Waals surface area contributed by atoms with Crippen LogP contribution in [0, 0.1) is 5.92 Å². The normalized spacial score (nSPS) is 14.5. The van der Waals surface area contributed by atoms with E-state index in [0.717, 1.165) is 12.0 Å². The first-order valence-electron chi connectivity index (χ1n) is 8.36. The highest BCUT2D eigenvalue weighted by atomic mass is 35.5. The van der Waals surface area contributed by atoms with Gasteiger partial charge in [-0.05, 0) is 24.0 Å². The zero-order valence-corrected chi connectivity index (χ0v) is 15.5. The van der Waals surface area contributed by atoms with Gasteiger partial charge < -0.3 is 10.1 Å². The van der Waals surface area contributed by atoms with Crippen molar-refractivity contribution in [2.75, 3.05) is 12.4 Å². The second-order valence-electron chi connectivity index (χ2n) is 6.28. The Balaban J connectivity index is 1.86. The smallest absolute Gasteiger partial charge is 0.259 e. The van der Waals surface area contributed by atoms with Crippen LogP contribution in [-0.2, 0) is 6.42 Å². The second-order valence-corrected chi connectivity index (χ2v) is 7.10. The number of ether oxygens (including phenoxy) is 1. The number of carbonyl (C=O) groups is 1. The van der Waals surface area contributed by atoms with E-state index >= 15 is 0 Å². The van der Waals surface area contributed by atoms with Gasteiger partial charge >= 0.3 is 0 Å². The molecule has 0 atom stereocenters. The monoisotopic (exact) mass is 378 g/mol. The number of rotatable bonds is 5. The molecule has 6 heteroatoms. The maximum absolute atomic E-state index is 12.8. The number of hydrogen-bond donors (Lipinski definition) is 1. The average Bonchev–Trinajstić information content (AvgIpc) is 3.11. The van der Waals surface area contributed by atoms with E-state index in [2.05, 4.69) is 10.3 Å². The summed E-state index contributed by atoms with van der Waals surface area (Å²) in [5.74, 6) is 0.977. The molecule has 0 spiro atoms. The van der Waals surface area contributed by atoms with Crippen LogP contribution in [0.15, 0.2) is 30.6 Å². The Morgan fingerprint density at radius 3 is 2.56 bits per heavy atom. The van der Waals surface area contributed by atoms with Crippen molar-refractivity contribution < 1.29 is 9.53 Å². The van der Waals surface area contributed by atoms with E-state index in [1.807, 2.05) is 12.1 Å². The predicted molar refractivity (Wildman–Crippen MR) is 101 cm³/mol. The van der Waals surface area contributed by atoms with Gasteiger partial charge in [0.15, 0.2) is 0 Å². The van der Waals surface area contributed by atoms with Crippen molar-refractivity contribution >= 4 is 34.8 Å². The first-order chi connectivity index (χ1) is 12.1. The van der Waals surface area contributed by atoms with Gasteiger partial charge in [-0.1, -0.05) is 61.0 Å². The maximum Gasteiger partial charge on any atom is 0.259 e. The van der Waals surface area contributed by atoms with Gasteiger partial charge in [0.2, 0.25) is 0 Å². The van der Waals surface area contributed by atoms with Gasteiger partial charge in [-0.3, -0.25) is 9.78 Å². The summed E-state index contributed by atoms with van der Waals surface area (Å²) >= 11 is 12.2. The number of para-hydroxylation sites is 1. The summed E-state index contributed by atoms with van der Waals surface area (Å²) in [6.45, 7) is 0. The number of benzene rings is 1. The van der Waals surface area contributed by atoms with Crippen LogP contribution in [0.2, 0.25) is 10.0 Å². The predicted octanol–water partition coefficient (Wildman–Crippen LogP) is 5.38. The highest BCUT2D eigenvalue weighted by Crippen LogP contribution is 2.34.